The van der Waals surface area contributed by atoms with Gasteiger partial charge in [-0.25, -0.2) is 9.78 Å². The molecule has 1 aromatic carbocycles. The molecule has 2 aromatic rings. The lowest BCUT2D eigenvalue weighted by atomic mass is 10.1. The second-order valence-corrected chi connectivity index (χ2v) is 4.67. The Balaban J connectivity index is 1.77. The van der Waals surface area contributed by atoms with Gasteiger partial charge in [0, 0.05) is 23.4 Å². The van der Waals surface area contributed by atoms with Gasteiger partial charge >= 0.3 is 6.03 Å². The largest absolute Gasteiger partial charge is 0.337 e. The van der Waals surface area contributed by atoms with Crippen LogP contribution in [0.25, 0.3) is 0 Å². The van der Waals surface area contributed by atoms with Gasteiger partial charge in [0.05, 0.1) is 6.20 Å². The van der Waals surface area contributed by atoms with Gasteiger partial charge in [-0.3, -0.25) is 10.3 Å². The number of hydrogen-bond donors (Lipinski definition) is 2. The number of aromatic nitrogens is 2. The fourth-order valence-corrected chi connectivity index (χ4v) is 2.02. The summed E-state index contributed by atoms with van der Waals surface area (Å²) in [6.45, 7) is 0.550. The minimum absolute atomic E-state index is 0.285. The number of rotatable bonds is 4. The van der Waals surface area contributed by atoms with Gasteiger partial charge in [-0.2, -0.15) is 0 Å². The topological polar surface area (TPSA) is 66.9 Å². The number of anilines is 1. The third-order valence-electron chi connectivity index (χ3n) is 2.44. The van der Waals surface area contributed by atoms with E-state index in [-0.39, 0.29) is 6.03 Å². The fraction of sp³-hybridized carbons (Fsp3) is 0.154. The summed E-state index contributed by atoms with van der Waals surface area (Å²) in [6, 6.07) is 7.65. The van der Waals surface area contributed by atoms with Crippen molar-refractivity contribution in [2.45, 2.75) is 6.42 Å². The van der Waals surface area contributed by atoms with Crippen LogP contribution in [0.15, 0.2) is 47.3 Å². The van der Waals surface area contributed by atoms with E-state index < -0.39 is 0 Å². The summed E-state index contributed by atoms with van der Waals surface area (Å²) in [5.74, 6) is 0.431. The highest BCUT2D eigenvalue weighted by atomic mass is 79.9. The van der Waals surface area contributed by atoms with Crippen molar-refractivity contribution in [2.24, 2.45) is 0 Å². The molecule has 2 amide bonds. The summed E-state index contributed by atoms with van der Waals surface area (Å²) < 4.78 is 1.05. The van der Waals surface area contributed by atoms with E-state index in [9.17, 15) is 4.79 Å². The van der Waals surface area contributed by atoms with Crippen LogP contribution in [-0.2, 0) is 6.42 Å². The predicted molar refractivity (Wildman–Crippen MR) is 76.9 cm³/mol. The van der Waals surface area contributed by atoms with E-state index in [2.05, 4.69) is 36.5 Å². The minimum Gasteiger partial charge on any atom is -0.337 e. The number of amides is 2. The number of nitrogens with one attached hydrogen (secondary N) is 2. The highest BCUT2D eigenvalue weighted by molar-refractivity contribution is 9.10. The van der Waals surface area contributed by atoms with Crippen LogP contribution in [0.5, 0.6) is 0 Å². The maximum Gasteiger partial charge on any atom is 0.320 e. The van der Waals surface area contributed by atoms with Crippen LogP contribution < -0.4 is 10.6 Å². The van der Waals surface area contributed by atoms with E-state index in [1.807, 2.05) is 24.3 Å². The molecule has 0 saturated carbocycles. The van der Waals surface area contributed by atoms with Crippen LogP contribution in [-0.4, -0.2) is 22.5 Å². The third kappa shape index (κ3) is 4.33. The Morgan fingerprint density at radius 2 is 2.11 bits per heavy atom. The van der Waals surface area contributed by atoms with E-state index in [1.165, 1.54) is 12.4 Å². The SMILES string of the molecule is O=C(NCCc1ccccc1Br)Nc1cnccn1. The normalized spacial score (nSPS) is 9.95. The van der Waals surface area contributed by atoms with Crippen molar-refractivity contribution < 1.29 is 4.79 Å². The summed E-state index contributed by atoms with van der Waals surface area (Å²) in [4.78, 5) is 19.4. The zero-order chi connectivity index (χ0) is 13.5. The third-order valence-corrected chi connectivity index (χ3v) is 3.22. The van der Waals surface area contributed by atoms with Crippen LogP contribution in [0, 0.1) is 0 Å². The monoisotopic (exact) mass is 320 g/mol. The molecular formula is C13H13BrN4O. The van der Waals surface area contributed by atoms with Crippen molar-refractivity contribution in [2.75, 3.05) is 11.9 Å². The van der Waals surface area contributed by atoms with Crippen LogP contribution in [0.1, 0.15) is 5.56 Å². The van der Waals surface area contributed by atoms with Crippen molar-refractivity contribution in [3.63, 3.8) is 0 Å². The van der Waals surface area contributed by atoms with Gasteiger partial charge in [-0.1, -0.05) is 34.1 Å². The average molecular weight is 321 g/mol. The standard InChI is InChI=1S/C13H13BrN4O/c14-11-4-2-1-3-10(11)5-6-17-13(19)18-12-9-15-7-8-16-12/h1-4,7-9H,5-6H2,(H2,16,17,18,19). The molecule has 0 aliphatic heterocycles. The van der Waals surface area contributed by atoms with Gasteiger partial charge in [0.2, 0.25) is 0 Å². The van der Waals surface area contributed by atoms with Gasteiger partial charge in [0.25, 0.3) is 0 Å². The zero-order valence-electron chi connectivity index (χ0n) is 10.1. The van der Waals surface area contributed by atoms with E-state index in [4.69, 9.17) is 0 Å². The first kappa shape index (κ1) is 13.5. The van der Waals surface area contributed by atoms with Crippen molar-refractivity contribution in [3.8, 4) is 0 Å². The van der Waals surface area contributed by atoms with E-state index in [1.54, 1.807) is 6.20 Å². The maximum atomic E-state index is 11.6. The van der Waals surface area contributed by atoms with Crippen LogP contribution in [0.2, 0.25) is 0 Å². The number of carbonyl (C=O) groups is 1. The zero-order valence-corrected chi connectivity index (χ0v) is 11.7. The van der Waals surface area contributed by atoms with Crippen molar-refractivity contribution in [3.05, 3.63) is 52.9 Å². The lowest BCUT2D eigenvalue weighted by Crippen LogP contribution is -2.30. The second kappa shape index (κ2) is 6.84. The molecule has 0 spiro atoms. The Bertz CT molecular complexity index is 547. The van der Waals surface area contributed by atoms with Gasteiger partial charge in [0.1, 0.15) is 0 Å². The number of benzene rings is 1. The number of hydrogen-bond acceptors (Lipinski definition) is 3. The summed E-state index contributed by atoms with van der Waals surface area (Å²) >= 11 is 3.47. The summed E-state index contributed by atoms with van der Waals surface area (Å²) in [5, 5.41) is 5.38. The Labute approximate surface area is 119 Å². The summed E-state index contributed by atoms with van der Waals surface area (Å²) in [7, 11) is 0. The molecule has 0 aliphatic carbocycles. The molecule has 0 fully saturated rings. The molecule has 0 unspecified atom stereocenters. The van der Waals surface area contributed by atoms with Gasteiger partial charge in [0.15, 0.2) is 5.82 Å². The van der Waals surface area contributed by atoms with E-state index >= 15 is 0 Å². The molecule has 2 rings (SSSR count). The lowest BCUT2D eigenvalue weighted by Gasteiger charge is -2.07. The average Bonchev–Trinajstić information content (AvgIpc) is 2.42. The molecular weight excluding hydrogens is 308 g/mol. The van der Waals surface area contributed by atoms with Gasteiger partial charge in [-0.05, 0) is 18.1 Å². The molecule has 1 aromatic heterocycles. The number of carbonyl (C=O) groups excluding carboxylic acids is 1. The molecule has 2 N–H and O–H groups in total. The smallest absolute Gasteiger partial charge is 0.320 e. The van der Waals surface area contributed by atoms with Gasteiger partial charge < -0.3 is 5.32 Å². The second-order valence-electron chi connectivity index (χ2n) is 3.81. The first-order valence-corrected chi connectivity index (χ1v) is 6.59. The first-order valence-electron chi connectivity index (χ1n) is 5.80. The number of halogens is 1. The van der Waals surface area contributed by atoms with Crippen molar-refractivity contribution in [1.82, 2.24) is 15.3 Å². The first-order chi connectivity index (χ1) is 9.25. The lowest BCUT2D eigenvalue weighted by molar-refractivity contribution is 0.252. The van der Waals surface area contributed by atoms with Gasteiger partial charge in [-0.15, -0.1) is 0 Å². The molecule has 1 heterocycles. The molecule has 98 valence electrons. The van der Waals surface area contributed by atoms with E-state index in [0.29, 0.717) is 12.4 Å². The number of nitrogens with zero attached hydrogens (tertiary/aromatic N) is 2. The molecule has 5 nitrogen and oxygen atoms in total. The molecule has 19 heavy (non-hydrogen) atoms. The summed E-state index contributed by atoms with van der Waals surface area (Å²) in [5.41, 5.74) is 1.15. The molecule has 6 heteroatoms. The minimum atomic E-state index is -0.285. The predicted octanol–water partition coefficient (Wildman–Crippen LogP) is 2.60. The fourth-order valence-electron chi connectivity index (χ4n) is 1.54. The van der Waals surface area contributed by atoms with E-state index in [0.717, 1.165) is 16.5 Å². The molecule has 0 saturated heterocycles. The Hall–Kier alpha value is -1.95. The van der Waals surface area contributed by atoms with Crippen LogP contribution in [0.4, 0.5) is 10.6 Å². The molecule has 0 atom stereocenters. The van der Waals surface area contributed by atoms with Crippen molar-refractivity contribution in [1.29, 1.82) is 0 Å². The van der Waals surface area contributed by atoms with Crippen molar-refractivity contribution >= 4 is 27.8 Å². The highest BCUT2D eigenvalue weighted by Gasteiger charge is 2.03. The maximum absolute atomic E-state index is 11.6. The molecule has 0 bridgehead atoms. The quantitative estimate of drug-likeness (QED) is 0.910. The Morgan fingerprint density at radius 1 is 1.26 bits per heavy atom. The molecule has 0 radical (unpaired) electrons. The Kier molecular flexibility index (Phi) is 4.85. The van der Waals surface area contributed by atoms with Crippen LogP contribution >= 0.6 is 15.9 Å². The summed E-state index contributed by atoms with van der Waals surface area (Å²) in [6.07, 6.45) is 5.33. The highest BCUT2D eigenvalue weighted by Crippen LogP contribution is 2.15. The number of urea groups is 1. The van der Waals surface area contributed by atoms with Crippen LogP contribution in [0.3, 0.4) is 0 Å². The molecule has 0 aliphatic rings. The Morgan fingerprint density at radius 3 is 2.84 bits per heavy atom.